The molecule has 1 heterocycles. The summed E-state index contributed by atoms with van der Waals surface area (Å²) in [6.45, 7) is 0. The molecule has 0 saturated carbocycles. The Morgan fingerprint density at radius 3 is 2.55 bits per heavy atom. The Morgan fingerprint density at radius 2 is 1.80 bits per heavy atom. The van der Waals surface area contributed by atoms with Crippen LogP contribution in [0.4, 0.5) is 0 Å². The summed E-state index contributed by atoms with van der Waals surface area (Å²) in [6, 6.07) is 12.8. The third kappa shape index (κ3) is 2.45. The van der Waals surface area contributed by atoms with E-state index >= 15 is 0 Å². The Morgan fingerprint density at radius 1 is 1.05 bits per heavy atom. The molecule has 2 nitrogen and oxygen atoms in total. The van der Waals surface area contributed by atoms with Crippen LogP contribution in [0.2, 0.25) is 10.0 Å². The highest BCUT2D eigenvalue weighted by Gasteiger charge is 2.13. The molecule has 0 fully saturated rings. The minimum atomic E-state index is 0.0563. The predicted octanol–water partition coefficient (Wildman–Crippen LogP) is 4.90. The van der Waals surface area contributed by atoms with Gasteiger partial charge in [-0.25, -0.2) is 0 Å². The molecule has 0 amide bonds. The summed E-state index contributed by atoms with van der Waals surface area (Å²) in [7, 11) is 0. The monoisotopic (exact) mass is 303 g/mol. The zero-order valence-corrected chi connectivity index (χ0v) is 12.0. The molecule has 0 atom stereocenters. The van der Waals surface area contributed by atoms with Crippen molar-refractivity contribution in [3.8, 4) is 0 Å². The average molecular weight is 304 g/mol. The highest BCUT2D eigenvalue weighted by atomic mass is 35.5. The van der Waals surface area contributed by atoms with Gasteiger partial charge >= 0.3 is 0 Å². The molecule has 0 unspecified atom stereocenters. The number of aromatic nitrogens is 1. The van der Waals surface area contributed by atoms with Crippen molar-refractivity contribution in [2.24, 2.45) is 0 Å². The molecular formula is C16H11Cl2NO. The van der Waals surface area contributed by atoms with E-state index in [1.54, 1.807) is 24.4 Å². The quantitative estimate of drug-likeness (QED) is 0.686. The first kappa shape index (κ1) is 13.2. The molecule has 0 bridgehead atoms. The number of fused-ring (bicyclic) bond motifs is 1. The molecule has 3 rings (SSSR count). The summed E-state index contributed by atoms with van der Waals surface area (Å²) >= 11 is 11.9. The van der Waals surface area contributed by atoms with Crippen molar-refractivity contribution < 1.29 is 4.79 Å². The smallest absolute Gasteiger partial charge is 0.169 e. The summed E-state index contributed by atoms with van der Waals surface area (Å²) in [6.07, 6.45) is 2.06. The van der Waals surface area contributed by atoms with Gasteiger partial charge in [0.1, 0.15) is 0 Å². The number of halogens is 2. The number of nitrogens with one attached hydrogen (secondary N) is 1. The molecule has 4 heteroatoms. The van der Waals surface area contributed by atoms with Gasteiger partial charge in [-0.15, -0.1) is 0 Å². The number of hydrogen-bond acceptors (Lipinski definition) is 1. The lowest BCUT2D eigenvalue weighted by Crippen LogP contribution is -2.02. The van der Waals surface area contributed by atoms with Gasteiger partial charge in [0.05, 0.1) is 10.5 Å². The van der Waals surface area contributed by atoms with Gasteiger partial charge in [-0.2, -0.15) is 0 Å². The van der Waals surface area contributed by atoms with E-state index < -0.39 is 0 Å². The van der Waals surface area contributed by atoms with Crippen molar-refractivity contribution in [2.75, 3.05) is 0 Å². The maximum Gasteiger partial charge on any atom is 0.169 e. The summed E-state index contributed by atoms with van der Waals surface area (Å²) in [5.41, 5.74) is 2.40. The van der Waals surface area contributed by atoms with E-state index in [1.807, 2.05) is 24.3 Å². The maximum absolute atomic E-state index is 12.4. The largest absolute Gasteiger partial charge is 0.359 e. The van der Waals surface area contributed by atoms with E-state index in [9.17, 15) is 4.79 Å². The molecule has 1 aromatic heterocycles. The van der Waals surface area contributed by atoms with E-state index in [4.69, 9.17) is 23.2 Å². The van der Waals surface area contributed by atoms with Crippen LogP contribution < -0.4 is 0 Å². The van der Waals surface area contributed by atoms with E-state index in [1.165, 1.54) is 0 Å². The van der Waals surface area contributed by atoms with Crippen LogP contribution in [0.15, 0.2) is 48.7 Å². The van der Waals surface area contributed by atoms with Gasteiger partial charge in [0.2, 0.25) is 0 Å². The zero-order valence-electron chi connectivity index (χ0n) is 10.5. The molecule has 0 aliphatic rings. The lowest BCUT2D eigenvalue weighted by molar-refractivity contribution is 0.0994. The van der Waals surface area contributed by atoms with Gasteiger partial charge in [0, 0.05) is 28.6 Å². The lowest BCUT2D eigenvalue weighted by Gasteiger charge is -2.01. The number of carbonyl (C=O) groups excluding carboxylic acids is 1. The average Bonchev–Trinajstić information content (AvgIpc) is 2.87. The van der Waals surface area contributed by atoms with Crippen molar-refractivity contribution in [3.05, 3.63) is 69.8 Å². The fourth-order valence-electron chi connectivity index (χ4n) is 2.23. The van der Waals surface area contributed by atoms with Gasteiger partial charge in [-0.05, 0) is 23.8 Å². The summed E-state index contributed by atoms with van der Waals surface area (Å²) in [5, 5.41) is 2.14. The fraction of sp³-hybridized carbons (Fsp3) is 0.0625. The van der Waals surface area contributed by atoms with Crippen molar-refractivity contribution in [2.45, 2.75) is 6.42 Å². The van der Waals surface area contributed by atoms with Crippen molar-refractivity contribution >= 4 is 39.9 Å². The molecule has 0 aliphatic carbocycles. The highest BCUT2D eigenvalue weighted by molar-refractivity contribution is 6.35. The van der Waals surface area contributed by atoms with Crippen LogP contribution in [0, 0.1) is 0 Å². The van der Waals surface area contributed by atoms with E-state index in [0.717, 1.165) is 16.5 Å². The number of carbonyl (C=O) groups is 1. The maximum atomic E-state index is 12.4. The molecular weight excluding hydrogens is 293 g/mol. The Kier molecular flexibility index (Phi) is 3.51. The van der Waals surface area contributed by atoms with Gasteiger partial charge in [-0.3, -0.25) is 4.79 Å². The zero-order chi connectivity index (χ0) is 14.1. The number of hydrogen-bond donors (Lipinski definition) is 1. The molecule has 0 saturated heterocycles. The van der Waals surface area contributed by atoms with Gasteiger partial charge in [-0.1, -0.05) is 47.5 Å². The predicted molar refractivity (Wildman–Crippen MR) is 82.8 cm³/mol. The van der Waals surface area contributed by atoms with Gasteiger partial charge in [0.25, 0.3) is 0 Å². The minimum Gasteiger partial charge on any atom is -0.359 e. The topological polar surface area (TPSA) is 32.9 Å². The molecule has 0 radical (unpaired) electrons. The number of benzene rings is 2. The first-order valence-electron chi connectivity index (χ1n) is 6.18. The third-order valence-electron chi connectivity index (χ3n) is 3.24. The first-order chi connectivity index (χ1) is 9.65. The van der Waals surface area contributed by atoms with Crippen molar-refractivity contribution in [1.29, 1.82) is 0 Å². The number of H-pyrrole nitrogens is 1. The van der Waals surface area contributed by atoms with E-state index in [-0.39, 0.29) is 5.78 Å². The molecule has 20 heavy (non-hydrogen) atoms. The Balaban J connectivity index is 1.93. The normalized spacial score (nSPS) is 10.9. The second-order valence-corrected chi connectivity index (χ2v) is 5.43. The summed E-state index contributed by atoms with van der Waals surface area (Å²) < 4.78 is 0. The Labute approximate surface area is 126 Å². The number of Topliss-reactive ketones (excluding diaryl/α,β-unsaturated/α-hetero) is 1. The van der Waals surface area contributed by atoms with Crippen LogP contribution in [0.3, 0.4) is 0 Å². The van der Waals surface area contributed by atoms with Crippen LogP contribution in [-0.2, 0) is 6.42 Å². The van der Waals surface area contributed by atoms with Crippen LogP contribution in [-0.4, -0.2) is 10.8 Å². The summed E-state index contributed by atoms with van der Waals surface area (Å²) in [5.74, 6) is 0.0563. The number of aromatic amines is 1. The first-order valence-corrected chi connectivity index (χ1v) is 6.94. The van der Waals surface area contributed by atoms with Crippen LogP contribution in [0.25, 0.3) is 10.9 Å². The fourth-order valence-corrected chi connectivity index (χ4v) is 2.59. The van der Waals surface area contributed by atoms with Crippen LogP contribution in [0.1, 0.15) is 15.9 Å². The standard InChI is InChI=1S/C16H11Cl2NO/c17-11-6-4-10(5-7-11)8-15(20)13-9-19-16-12(13)2-1-3-14(16)18/h1-7,9,19H,8H2. The minimum absolute atomic E-state index is 0.0563. The van der Waals surface area contributed by atoms with Gasteiger partial charge < -0.3 is 4.98 Å². The third-order valence-corrected chi connectivity index (χ3v) is 3.81. The molecule has 1 N–H and O–H groups in total. The van der Waals surface area contributed by atoms with E-state index in [2.05, 4.69) is 4.98 Å². The molecule has 2 aromatic carbocycles. The van der Waals surface area contributed by atoms with Crippen molar-refractivity contribution in [1.82, 2.24) is 4.98 Å². The van der Waals surface area contributed by atoms with Crippen LogP contribution in [0.5, 0.6) is 0 Å². The van der Waals surface area contributed by atoms with Crippen LogP contribution >= 0.6 is 23.2 Å². The molecule has 100 valence electrons. The van der Waals surface area contributed by atoms with Crippen molar-refractivity contribution in [3.63, 3.8) is 0 Å². The van der Waals surface area contributed by atoms with E-state index in [0.29, 0.717) is 22.0 Å². The second kappa shape index (κ2) is 5.31. The highest BCUT2D eigenvalue weighted by Crippen LogP contribution is 2.26. The second-order valence-electron chi connectivity index (χ2n) is 4.59. The number of ketones is 1. The Bertz CT molecular complexity index is 775. The lowest BCUT2D eigenvalue weighted by atomic mass is 10.0. The molecule has 3 aromatic rings. The Hall–Kier alpha value is -1.77. The SMILES string of the molecule is O=C(Cc1ccc(Cl)cc1)c1c[nH]c2c(Cl)cccc12. The summed E-state index contributed by atoms with van der Waals surface area (Å²) in [4.78, 5) is 15.4. The van der Waals surface area contributed by atoms with Gasteiger partial charge in [0.15, 0.2) is 5.78 Å². The number of para-hydroxylation sites is 1. The molecule has 0 aliphatic heterocycles. The number of rotatable bonds is 3. The molecule has 0 spiro atoms.